The van der Waals surface area contributed by atoms with Gasteiger partial charge >= 0.3 is 0 Å². The van der Waals surface area contributed by atoms with Gasteiger partial charge < -0.3 is 5.32 Å². The number of aromatic nitrogens is 3. The molecule has 0 bridgehead atoms. The number of allylic oxidation sites excluding steroid dienone is 1. The molecule has 1 aliphatic rings. The first-order chi connectivity index (χ1) is 12.5. The minimum absolute atomic E-state index is 0.424. The maximum absolute atomic E-state index is 15.1. The van der Waals surface area contributed by atoms with E-state index in [1.807, 2.05) is 37.8 Å². The molecule has 2 aromatic heterocycles. The molecule has 0 unspecified atom stereocenters. The van der Waals surface area contributed by atoms with E-state index in [1.54, 1.807) is 4.68 Å². The molecule has 4 rings (SSSR count). The average Bonchev–Trinajstić information content (AvgIpc) is 3.08. The Bertz CT molecular complexity index is 954. The van der Waals surface area contributed by atoms with Crippen molar-refractivity contribution in [2.75, 3.05) is 5.32 Å². The molecule has 0 atom stereocenters. The van der Waals surface area contributed by atoms with Crippen LogP contribution in [0.5, 0.6) is 0 Å². The lowest BCUT2D eigenvalue weighted by Gasteiger charge is -2.31. The summed E-state index contributed by atoms with van der Waals surface area (Å²) in [4.78, 5) is 4.42. The number of nitrogens with one attached hydrogen (secondary N) is 1. The number of hydrogen-bond acceptors (Lipinski definition) is 3. The lowest BCUT2D eigenvalue weighted by atomic mass is 9.84. The Balaban J connectivity index is 1.61. The van der Waals surface area contributed by atoms with Crippen LogP contribution in [0.4, 0.5) is 10.2 Å². The van der Waals surface area contributed by atoms with Crippen molar-refractivity contribution < 1.29 is 4.39 Å². The Kier molecular flexibility index (Phi) is 4.23. The summed E-state index contributed by atoms with van der Waals surface area (Å²) in [5.74, 6) is 0.633. The van der Waals surface area contributed by atoms with Crippen LogP contribution in [0, 0.1) is 0 Å². The number of hydrogen-bond donors (Lipinski definition) is 1. The molecule has 2 heterocycles. The second-order valence-electron chi connectivity index (χ2n) is 7.16. The molecule has 5 heteroatoms. The molecule has 1 aliphatic carbocycles. The van der Waals surface area contributed by atoms with E-state index in [2.05, 4.69) is 34.1 Å². The second-order valence-corrected chi connectivity index (χ2v) is 7.16. The number of nitrogens with zero attached hydrogens (tertiary/aromatic N) is 3. The van der Waals surface area contributed by atoms with Gasteiger partial charge in [0.1, 0.15) is 11.5 Å². The van der Waals surface area contributed by atoms with E-state index >= 15 is 4.39 Å². The molecule has 26 heavy (non-hydrogen) atoms. The van der Waals surface area contributed by atoms with Crippen LogP contribution in [-0.4, -0.2) is 20.4 Å². The molecule has 0 amide bonds. The highest BCUT2D eigenvalue weighted by Crippen LogP contribution is 2.37. The fourth-order valence-electron chi connectivity index (χ4n) is 3.64. The van der Waals surface area contributed by atoms with Crippen LogP contribution in [0.25, 0.3) is 21.9 Å². The van der Waals surface area contributed by atoms with Crippen molar-refractivity contribution in [1.29, 1.82) is 0 Å². The zero-order valence-corrected chi connectivity index (χ0v) is 15.0. The van der Waals surface area contributed by atoms with Gasteiger partial charge in [0.15, 0.2) is 0 Å². The van der Waals surface area contributed by atoms with Gasteiger partial charge in [0, 0.05) is 36.1 Å². The van der Waals surface area contributed by atoms with Gasteiger partial charge in [-0.1, -0.05) is 25.1 Å². The molecule has 4 nitrogen and oxygen atoms in total. The molecule has 3 aromatic rings. The maximum atomic E-state index is 15.1. The highest BCUT2D eigenvalue weighted by atomic mass is 19.1. The number of rotatable bonds is 4. The van der Waals surface area contributed by atoms with Gasteiger partial charge in [0.2, 0.25) is 0 Å². The lowest BCUT2D eigenvalue weighted by molar-refractivity contribution is 0.151. The number of fused-ring (bicyclic) bond motifs is 1. The molecule has 0 saturated heterocycles. The van der Waals surface area contributed by atoms with Gasteiger partial charge in [-0.3, -0.25) is 4.68 Å². The number of alkyl halides is 1. The quantitative estimate of drug-likeness (QED) is 0.700. The molecular formula is C21H23FN4. The molecule has 1 saturated carbocycles. The van der Waals surface area contributed by atoms with E-state index in [1.165, 1.54) is 0 Å². The standard InChI is InChI=1S/C21H23FN4/c1-15(21(22)8-4-3-5-9-21)25-20-11-18-10-16(6-7-17(18)12-23-20)19-13-24-26(2)14-19/h6-7,10-14H,1,3-5,8-9H2,2H3,(H,23,25). The summed E-state index contributed by atoms with van der Waals surface area (Å²) in [6, 6.07) is 8.16. The van der Waals surface area contributed by atoms with Crippen molar-refractivity contribution in [3.8, 4) is 11.1 Å². The summed E-state index contributed by atoms with van der Waals surface area (Å²) in [6.45, 7) is 3.96. The number of halogens is 1. The minimum atomic E-state index is -1.33. The predicted molar refractivity (Wildman–Crippen MR) is 104 cm³/mol. The third-order valence-corrected chi connectivity index (χ3v) is 5.23. The largest absolute Gasteiger partial charge is 0.341 e. The van der Waals surface area contributed by atoms with Crippen molar-refractivity contribution in [3.63, 3.8) is 0 Å². The third-order valence-electron chi connectivity index (χ3n) is 5.23. The zero-order valence-electron chi connectivity index (χ0n) is 15.0. The maximum Gasteiger partial charge on any atom is 0.150 e. The molecule has 1 N–H and O–H groups in total. The number of pyridine rings is 1. The van der Waals surface area contributed by atoms with E-state index in [4.69, 9.17) is 0 Å². The third kappa shape index (κ3) is 3.21. The second kappa shape index (κ2) is 6.56. The van der Waals surface area contributed by atoms with Gasteiger partial charge in [0.25, 0.3) is 0 Å². The zero-order chi connectivity index (χ0) is 18.1. The first-order valence-corrected chi connectivity index (χ1v) is 9.08. The van der Waals surface area contributed by atoms with Crippen LogP contribution >= 0.6 is 0 Å². The Morgan fingerprint density at radius 3 is 2.65 bits per heavy atom. The molecule has 1 aromatic carbocycles. The van der Waals surface area contributed by atoms with Crippen LogP contribution in [0.15, 0.2) is 55.1 Å². The van der Waals surface area contributed by atoms with E-state index in [0.717, 1.165) is 41.2 Å². The highest BCUT2D eigenvalue weighted by Gasteiger charge is 2.35. The van der Waals surface area contributed by atoms with Crippen molar-refractivity contribution >= 4 is 16.6 Å². The van der Waals surface area contributed by atoms with Gasteiger partial charge in [-0.05, 0) is 48.8 Å². The minimum Gasteiger partial charge on any atom is -0.341 e. The predicted octanol–water partition coefficient (Wildman–Crippen LogP) is 5.23. The van der Waals surface area contributed by atoms with Gasteiger partial charge in [0.05, 0.1) is 6.20 Å². The Morgan fingerprint density at radius 2 is 1.92 bits per heavy atom. The summed E-state index contributed by atoms with van der Waals surface area (Å²) < 4.78 is 16.8. The molecule has 0 spiro atoms. The topological polar surface area (TPSA) is 42.7 Å². The molecule has 1 fully saturated rings. The summed E-state index contributed by atoms with van der Waals surface area (Å²) in [5, 5.41) is 9.43. The fourth-order valence-corrected chi connectivity index (χ4v) is 3.64. The Labute approximate surface area is 152 Å². The fraction of sp³-hybridized carbons (Fsp3) is 0.333. The van der Waals surface area contributed by atoms with Crippen LogP contribution in [0.1, 0.15) is 32.1 Å². The van der Waals surface area contributed by atoms with Crippen LogP contribution in [0.3, 0.4) is 0 Å². The van der Waals surface area contributed by atoms with Crippen LogP contribution < -0.4 is 5.32 Å². The Hall–Kier alpha value is -2.69. The summed E-state index contributed by atoms with van der Waals surface area (Å²) >= 11 is 0. The van der Waals surface area contributed by atoms with Gasteiger partial charge in [-0.15, -0.1) is 0 Å². The normalized spacial score (nSPS) is 16.5. The molecule has 0 aliphatic heterocycles. The van der Waals surface area contributed by atoms with E-state index in [9.17, 15) is 0 Å². The lowest BCUT2D eigenvalue weighted by Crippen LogP contribution is -2.31. The first kappa shape index (κ1) is 16.8. The van der Waals surface area contributed by atoms with Crippen molar-refractivity contribution in [1.82, 2.24) is 14.8 Å². The van der Waals surface area contributed by atoms with Crippen molar-refractivity contribution in [2.45, 2.75) is 37.8 Å². The smallest absolute Gasteiger partial charge is 0.150 e. The van der Waals surface area contributed by atoms with Crippen LogP contribution in [0.2, 0.25) is 0 Å². The van der Waals surface area contributed by atoms with E-state index < -0.39 is 5.67 Å². The summed E-state index contributed by atoms with van der Waals surface area (Å²) in [7, 11) is 1.90. The van der Waals surface area contributed by atoms with Crippen molar-refractivity contribution in [3.05, 3.63) is 55.1 Å². The summed E-state index contributed by atoms with van der Waals surface area (Å²) in [6.07, 6.45) is 9.65. The number of benzene rings is 1. The van der Waals surface area contributed by atoms with Crippen LogP contribution in [-0.2, 0) is 7.05 Å². The Morgan fingerprint density at radius 1 is 1.12 bits per heavy atom. The monoisotopic (exact) mass is 350 g/mol. The number of aryl methyl sites for hydroxylation is 1. The first-order valence-electron chi connectivity index (χ1n) is 9.08. The summed E-state index contributed by atoms with van der Waals surface area (Å²) in [5.41, 5.74) is 1.25. The van der Waals surface area contributed by atoms with E-state index in [0.29, 0.717) is 24.4 Å². The molecular weight excluding hydrogens is 327 g/mol. The van der Waals surface area contributed by atoms with E-state index in [-0.39, 0.29) is 0 Å². The van der Waals surface area contributed by atoms with Crippen molar-refractivity contribution in [2.24, 2.45) is 7.05 Å². The average molecular weight is 350 g/mol. The number of anilines is 1. The molecule has 134 valence electrons. The SMILES string of the molecule is C=C(Nc1cc2cc(-c3cnn(C)c3)ccc2cn1)C1(F)CCCCC1. The highest BCUT2D eigenvalue weighted by molar-refractivity contribution is 5.88. The molecule has 0 radical (unpaired) electrons. The van der Waals surface area contributed by atoms with Gasteiger partial charge in [-0.2, -0.15) is 5.10 Å². The van der Waals surface area contributed by atoms with Gasteiger partial charge in [-0.25, -0.2) is 9.37 Å².